The van der Waals surface area contributed by atoms with Crippen LogP contribution in [0.1, 0.15) is 33.1 Å². The second-order valence-electron chi connectivity index (χ2n) is 4.49. The van der Waals surface area contributed by atoms with E-state index in [1.54, 1.807) is 11.3 Å². The van der Waals surface area contributed by atoms with Gasteiger partial charge in [0, 0.05) is 13.1 Å². The SMILES string of the molecule is CCC1(C)CCN(c2nnc(Br)s2)CC1. The van der Waals surface area contributed by atoms with E-state index in [-0.39, 0.29) is 0 Å². The molecule has 1 fully saturated rings. The normalized spacial score (nSPS) is 20.6. The number of halogens is 1. The number of hydrogen-bond donors (Lipinski definition) is 0. The fourth-order valence-electron chi connectivity index (χ4n) is 1.92. The van der Waals surface area contributed by atoms with E-state index < -0.39 is 0 Å². The summed E-state index contributed by atoms with van der Waals surface area (Å²) in [6, 6.07) is 0. The Morgan fingerprint density at radius 3 is 2.53 bits per heavy atom. The average molecular weight is 290 g/mol. The molecule has 2 rings (SSSR count). The molecular weight excluding hydrogens is 274 g/mol. The number of rotatable bonds is 2. The molecule has 1 aromatic heterocycles. The van der Waals surface area contributed by atoms with E-state index in [9.17, 15) is 0 Å². The molecule has 1 saturated heterocycles. The molecule has 84 valence electrons. The maximum atomic E-state index is 4.16. The van der Waals surface area contributed by atoms with Crippen molar-refractivity contribution < 1.29 is 0 Å². The molecule has 5 heteroatoms. The van der Waals surface area contributed by atoms with E-state index in [0.29, 0.717) is 5.41 Å². The highest BCUT2D eigenvalue weighted by Gasteiger charge is 2.29. The van der Waals surface area contributed by atoms with Gasteiger partial charge in [0.15, 0.2) is 3.92 Å². The summed E-state index contributed by atoms with van der Waals surface area (Å²) in [6.07, 6.45) is 3.81. The fraction of sp³-hybridized carbons (Fsp3) is 0.800. The predicted molar refractivity (Wildman–Crippen MR) is 67.5 cm³/mol. The minimum absolute atomic E-state index is 0.540. The molecule has 0 aromatic carbocycles. The van der Waals surface area contributed by atoms with E-state index in [1.807, 2.05) is 0 Å². The molecule has 3 nitrogen and oxygen atoms in total. The minimum Gasteiger partial charge on any atom is -0.347 e. The standard InChI is InChI=1S/C10H16BrN3S/c1-3-10(2)4-6-14(7-5-10)9-13-12-8(11)15-9/h3-7H2,1-2H3. The summed E-state index contributed by atoms with van der Waals surface area (Å²) >= 11 is 4.98. The van der Waals surface area contributed by atoms with Crippen molar-refractivity contribution in [3.63, 3.8) is 0 Å². The molecule has 0 spiro atoms. The summed E-state index contributed by atoms with van der Waals surface area (Å²) in [5.41, 5.74) is 0.540. The number of piperidine rings is 1. The first-order chi connectivity index (χ1) is 7.13. The Morgan fingerprint density at radius 2 is 2.07 bits per heavy atom. The van der Waals surface area contributed by atoms with Gasteiger partial charge in [-0.2, -0.15) is 0 Å². The fourth-order valence-corrected chi connectivity index (χ4v) is 3.06. The molecule has 0 bridgehead atoms. The molecule has 0 atom stereocenters. The van der Waals surface area contributed by atoms with Crippen LogP contribution in [0.4, 0.5) is 5.13 Å². The lowest BCUT2D eigenvalue weighted by Crippen LogP contribution is -2.38. The Hall–Kier alpha value is -0.160. The van der Waals surface area contributed by atoms with Crippen LogP contribution in [-0.2, 0) is 0 Å². The first-order valence-corrected chi connectivity index (χ1v) is 6.98. The second kappa shape index (κ2) is 4.37. The third-order valence-corrected chi connectivity index (χ3v) is 4.90. The van der Waals surface area contributed by atoms with E-state index in [1.165, 1.54) is 19.3 Å². The molecule has 0 amide bonds. The monoisotopic (exact) mass is 289 g/mol. The van der Waals surface area contributed by atoms with Crippen molar-refractivity contribution >= 4 is 32.4 Å². The van der Waals surface area contributed by atoms with Crippen molar-refractivity contribution in [1.82, 2.24) is 10.2 Å². The second-order valence-corrected chi connectivity index (χ2v) is 6.72. The van der Waals surface area contributed by atoms with Crippen LogP contribution in [0.15, 0.2) is 3.92 Å². The van der Waals surface area contributed by atoms with Gasteiger partial charge >= 0.3 is 0 Å². The van der Waals surface area contributed by atoms with Gasteiger partial charge in [-0.15, -0.1) is 10.2 Å². The van der Waals surface area contributed by atoms with E-state index in [4.69, 9.17) is 0 Å². The summed E-state index contributed by atoms with van der Waals surface area (Å²) < 4.78 is 0.876. The topological polar surface area (TPSA) is 29.0 Å². The van der Waals surface area contributed by atoms with Crippen molar-refractivity contribution in [1.29, 1.82) is 0 Å². The highest BCUT2D eigenvalue weighted by atomic mass is 79.9. The number of aromatic nitrogens is 2. The van der Waals surface area contributed by atoms with Crippen LogP contribution >= 0.6 is 27.3 Å². The predicted octanol–water partition coefficient (Wildman–Crippen LogP) is 3.32. The third kappa shape index (κ3) is 2.50. The Morgan fingerprint density at radius 1 is 1.40 bits per heavy atom. The summed E-state index contributed by atoms with van der Waals surface area (Å²) in [5.74, 6) is 0. The van der Waals surface area contributed by atoms with Crippen LogP contribution in [0.25, 0.3) is 0 Å². The van der Waals surface area contributed by atoms with Crippen molar-refractivity contribution in [3.8, 4) is 0 Å². The van der Waals surface area contributed by atoms with Gasteiger partial charge in [-0.1, -0.05) is 31.6 Å². The zero-order chi connectivity index (χ0) is 10.9. The Balaban J connectivity index is 1.99. The summed E-state index contributed by atoms with van der Waals surface area (Å²) in [4.78, 5) is 2.35. The average Bonchev–Trinajstić information content (AvgIpc) is 2.66. The molecule has 2 heterocycles. The largest absolute Gasteiger partial charge is 0.347 e. The lowest BCUT2D eigenvalue weighted by molar-refractivity contribution is 0.238. The first-order valence-electron chi connectivity index (χ1n) is 5.37. The minimum atomic E-state index is 0.540. The van der Waals surface area contributed by atoms with Crippen molar-refractivity contribution in [2.45, 2.75) is 33.1 Å². The summed E-state index contributed by atoms with van der Waals surface area (Å²) in [5, 5.41) is 9.21. The zero-order valence-corrected chi connectivity index (χ0v) is 11.6. The van der Waals surface area contributed by atoms with Crippen LogP contribution in [0.3, 0.4) is 0 Å². The van der Waals surface area contributed by atoms with Crippen LogP contribution in [0.2, 0.25) is 0 Å². The summed E-state index contributed by atoms with van der Waals surface area (Å²) in [7, 11) is 0. The molecular formula is C10H16BrN3S. The Kier molecular flexibility index (Phi) is 3.30. The summed E-state index contributed by atoms with van der Waals surface area (Å²) in [6.45, 7) is 6.91. The lowest BCUT2D eigenvalue weighted by Gasteiger charge is -2.38. The van der Waals surface area contributed by atoms with Crippen LogP contribution in [0, 0.1) is 5.41 Å². The van der Waals surface area contributed by atoms with E-state index in [0.717, 1.165) is 22.1 Å². The Bertz CT molecular complexity index is 331. The van der Waals surface area contributed by atoms with Gasteiger partial charge in [-0.3, -0.25) is 0 Å². The zero-order valence-electron chi connectivity index (χ0n) is 9.16. The Labute approximate surface area is 103 Å². The third-order valence-electron chi connectivity index (χ3n) is 3.48. The van der Waals surface area contributed by atoms with E-state index in [2.05, 4.69) is 44.9 Å². The molecule has 1 aromatic rings. The quantitative estimate of drug-likeness (QED) is 0.836. The highest BCUT2D eigenvalue weighted by molar-refractivity contribution is 9.11. The van der Waals surface area contributed by atoms with Gasteiger partial charge in [0.25, 0.3) is 0 Å². The van der Waals surface area contributed by atoms with Crippen LogP contribution in [0.5, 0.6) is 0 Å². The molecule has 1 aliphatic rings. The molecule has 1 aliphatic heterocycles. The van der Waals surface area contributed by atoms with Crippen molar-refractivity contribution in [3.05, 3.63) is 3.92 Å². The molecule has 0 radical (unpaired) electrons. The van der Waals surface area contributed by atoms with Crippen LogP contribution < -0.4 is 4.90 Å². The maximum absolute atomic E-state index is 4.16. The number of hydrogen-bond acceptors (Lipinski definition) is 4. The van der Waals surface area contributed by atoms with Gasteiger partial charge in [-0.05, 0) is 34.2 Å². The molecule has 0 unspecified atom stereocenters. The highest BCUT2D eigenvalue weighted by Crippen LogP contribution is 2.36. The lowest BCUT2D eigenvalue weighted by atomic mass is 9.78. The van der Waals surface area contributed by atoms with Crippen LogP contribution in [-0.4, -0.2) is 23.3 Å². The van der Waals surface area contributed by atoms with Gasteiger partial charge in [0.1, 0.15) is 0 Å². The van der Waals surface area contributed by atoms with Crippen molar-refractivity contribution in [2.75, 3.05) is 18.0 Å². The van der Waals surface area contributed by atoms with Crippen molar-refractivity contribution in [2.24, 2.45) is 5.41 Å². The number of nitrogens with zero attached hydrogens (tertiary/aromatic N) is 3. The van der Waals surface area contributed by atoms with Gasteiger partial charge in [0.05, 0.1) is 0 Å². The molecule has 0 N–H and O–H groups in total. The first kappa shape index (κ1) is 11.3. The van der Waals surface area contributed by atoms with Gasteiger partial charge in [0.2, 0.25) is 5.13 Å². The number of anilines is 1. The maximum Gasteiger partial charge on any atom is 0.209 e. The van der Waals surface area contributed by atoms with Gasteiger partial charge < -0.3 is 4.90 Å². The molecule has 0 aliphatic carbocycles. The van der Waals surface area contributed by atoms with Gasteiger partial charge in [-0.25, -0.2) is 0 Å². The molecule has 0 saturated carbocycles. The van der Waals surface area contributed by atoms with E-state index >= 15 is 0 Å². The molecule has 15 heavy (non-hydrogen) atoms. The smallest absolute Gasteiger partial charge is 0.209 e.